The van der Waals surface area contributed by atoms with Crippen molar-refractivity contribution in [2.75, 3.05) is 82.0 Å². The van der Waals surface area contributed by atoms with Crippen LogP contribution in [0.2, 0.25) is 0 Å². The molecule has 24 heteroatoms. The van der Waals surface area contributed by atoms with Crippen LogP contribution in [0.4, 0.5) is 31.4 Å². The summed E-state index contributed by atoms with van der Waals surface area (Å²) < 4.78 is 35.5. The van der Waals surface area contributed by atoms with Gasteiger partial charge in [-0.15, -0.1) is 0 Å². The van der Waals surface area contributed by atoms with Crippen LogP contribution in [-0.4, -0.2) is 181 Å². The molecule has 0 radical (unpaired) electrons. The standard InChI is InChI=1S/C28H34N4O3.C27H33N5O5.C27H37N3O4/c1-20-8-9-22-23(32(20)27(33)34-2)10-11-24-26(22)29-25(18-21-6-4-3-5-7-21)31(24)16-15-30-14-12-28(19-30)13-17-35-28;1-18-6-7-20-21(32(18)27(36)37-2)8-9-22-26(20)28-23(12-16-29-13-4-3-5-24(29)34)31(22)17-25(35)30-14-10-19(33)11-15-30;1-17-9-11-22-23(29(17)27(32)33-3)12-13-24-26(22)28-25(14-10-21-8-5-15-34-21)30(24)20-7-4-6-19(16-20)18(2)31/h3-7,10-11,20H,8-9,12-19H2,1-2H3;3-5,8-9,13,18-19,33H,6-7,10-12,14-17H2,1-2H3;12-13,17,19-21H,4-11,14-16H2,1-3H3/t20-,28-;18-;17-,19-,20+,21-/m000/s1. The van der Waals surface area contributed by atoms with Crippen molar-refractivity contribution in [3.63, 3.8) is 0 Å². The lowest BCUT2D eigenvalue weighted by molar-refractivity contribution is -0.137. The minimum Gasteiger partial charge on any atom is -0.452 e. The summed E-state index contributed by atoms with van der Waals surface area (Å²) in [6, 6.07) is 28.3. The number of imidazole rings is 3. The maximum Gasteiger partial charge on any atom is 0.414 e. The van der Waals surface area contributed by atoms with Crippen molar-refractivity contribution in [2.45, 2.75) is 218 Å². The maximum absolute atomic E-state index is 13.3. The number of aryl methyl sites for hydroxylation is 6. The topological polar surface area (TPSA) is 243 Å². The Bertz CT molecular complexity index is 4580. The number of pyridine rings is 1. The Morgan fingerprint density at radius 3 is 1.72 bits per heavy atom. The van der Waals surface area contributed by atoms with Crippen molar-refractivity contribution >= 4 is 80.1 Å². The van der Waals surface area contributed by atoms with Gasteiger partial charge < -0.3 is 52.0 Å². The molecule has 8 aromatic rings. The van der Waals surface area contributed by atoms with Crippen LogP contribution in [0.15, 0.2) is 95.9 Å². The molecule has 1 N–H and O–H groups in total. The van der Waals surface area contributed by atoms with Crippen LogP contribution in [0.5, 0.6) is 0 Å². The largest absolute Gasteiger partial charge is 0.452 e. The predicted octanol–water partition coefficient (Wildman–Crippen LogP) is 12.1. The van der Waals surface area contributed by atoms with Gasteiger partial charge in [-0.25, -0.2) is 29.3 Å². The fourth-order valence-electron chi connectivity index (χ4n) is 17.9. The number of hydrogen-bond acceptors (Lipinski definition) is 16. The minimum absolute atomic E-state index is 0.0000537. The van der Waals surface area contributed by atoms with E-state index in [0.717, 1.165) is 221 Å². The number of anilines is 3. The van der Waals surface area contributed by atoms with Crippen LogP contribution >= 0.6 is 0 Å². The summed E-state index contributed by atoms with van der Waals surface area (Å²) in [5.74, 6) is 3.30. The molecule has 16 rings (SSSR count). The first-order valence-corrected chi connectivity index (χ1v) is 38.7. The third-order valence-electron chi connectivity index (χ3n) is 23.9. The SMILES string of the molecule is COC(=O)N1c2ccc3c(nc(CC[C@@H]4CCCO4)n3[C@@H]3CCC[C@H](C(C)=O)C3)c2CC[C@@H]1C.COC(=O)N1c2ccc3c(nc(CCn4ccccc4=O)n3CC(=O)N3CCC(O)CC3)c2CC[C@@H]1C.COC(=O)N1c2ccc3c(nc(Cc4ccccc4)n3CCN3CC[C@]4(CCO4)C3)c2CC[C@@H]1C. The molecule has 5 fully saturated rings. The van der Waals surface area contributed by atoms with Crippen molar-refractivity contribution in [3.05, 3.63) is 141 Å². The van der Waals surface area contributed by atoms with Crippen molar-refractivity contribution < 1.29 is 52.8 Å². The molecule has 7 aliphatic heterocycles. The number of rotatable bonds is 15. The van der Waals surface area contributed by atoms with Crippen LogP contribution in [0, 0.1) is 5.92 Å². The number of fused-ring (bicyclic) bond motifs is 9. The molecule has 4 aromatic carbocycles. The van der Waals surface area contributed by atoms with Gasteiger partial charge >= 0.3 is 18.3 Å². The molecule has 1 saturated carbocycles. The maximum atomic E-state index is 13.3. The van der Waals surface area contributed by atoms with E-state index in [4.69, 9.17) is 38.6 Å². The first kappa shape index (κ1) is 73.9. The first-order chi connectivity index (χ1) is 51.4. The molecule has 4 amide bonds. The predicted molar refractivity (Wildman–Crippen MR) is 406 cm³/mol. The fourth-order valence-corrected chi connectivity index (χ4v) is 17.9. The van der Waals surface area contributed by atoms with Crippen molar-refractivity contribution in [2.24, 2.45) is 5.92 Å². The molecule has 0 bridgehead atoms. The number of aliphatic hydroxyl groups is 1. The Hall–Kier alpha value is -8.97. The normalized spacial score (nSPS) is 23.0. The van der Waals surface area contributed by atoms with Crippen LogP contribution in [0.3, 0.4) is 0 Å². The monoisotopic (exact) mass is 1450 g/mol. The fraction of sp³-hybridized carbons (Fsp3) is 0.549. The van der Waals surface area contributed by atoms with Gasteiger partial charge in [0.25, 0.3) is 5.56 Å². The lowest BCUT2D eigenvalue weighted by atomic mass is 9.83. The number of amides is 4. The molecule has 24 nitrogen and oxygen atoms in total. The molecular formula is C82H104N12O12. The Morgan fingerprint density at radius 1 is 0.585 bits per heavy atom. The van der Waals surface area contributed by atoms with Gasteiger partial charge in [-0.05, 0) is 172 Å². The number of methoxy groups -OCH3 is 3. The molecular weight excluding hydrogens is 1340 g/mol. The number of carbonyl (C=O) groups excluding carboxylic acids is 5. The Labute approximate surface area is 619 Å². The molecule has 4 saturated heterocycles. The van der Waals surface area contributed by atoms with E-state index in [1.165, 1.54) is 39.4 Å². The van der Waals surface area contributed by atoms with Gasteiger partial charge in [0.2, 0.25) is 5.91 Å². The van der Waals surface area contributed by atoms with E-state index < -0.39 is 6.09 Å². The molecule has 4 aromatic heterocycles. The van der Waals surface area contributed by atoms with E-state index >= 15 is 0 Å². The number of aromatic nitrogens is 7. The Balaban J connectivity index is 0.000000134. The smallest absolute Gasteiger partial charge is 0.414 e. The zero-order chi connectivity index (χ0) is 73.9. The number of piperidine rings is 1. The molecule has 1 aliphatic carbocycles. The summed E-state index contributed by atoms with van der Waals surface area (Å²) >= 11 is 0. The lowest BCUT2D eigenvalue weighted by Crippen LogP contribution is -2.46. The third kappa shape index (κ3) is 15.2. The van der Waals surface area contributed by atoms with Gasteiger partial charge in [0, 0.05) is 137 Å². The summed E-state index contributed by atoms with van der Waals surface area (Å²) in [5, 5.41) is 9.84. The van der Waals surface area contributed by atoms with Crippen molar-refractivity contribution in [1.82, 2.24) is 43.0 Å². The van der Waals surface area contributed by atoms with Gasteiger partial charge in [-0.3, -0.25) is 34.0 Å². The van der Waals surface area contributed by atoms with Crippen molar-refractivity contribution in [3.8, 4) is 0 Å². The molecule has 106 heavy (non-hydrogen) atoms. The number of ketones is 1. The quantitative estimate of drug-likeness (QED) is 0.0938. The number of aliphatic hydroxyl groups excluding tert-OH is 1. The Kier molecular flexibility index (Phi) is 22.5. The summed E-state index contributed by atoms with van der Waals surface area (Å²) in [6.07, 6.45) is 18.7. The van der Waals surface area contributed by atoms with Gasteiger partial charge in [-0.2, -0.15) is 0 Å². The van der Waals surface area contributed by atoms with Crippen LogP contribution in [-0.2, 0) is 91.4 Å². The first-order valence-electron chi connectivity index (χ1n) is 38.7. The van der Waals surface area contributed by atoms with Crippen LogP contribution in [0.1, 0.15) is 163 Å². The number of hydrogen-bond donors (Lipinski definition) is 1. The number of likely N-dealkylation sites (tertiary alicyclic amines) is 2. The summed E-state index contributed by atoms with van der Waals surface area (Å²) in [5.41, 5.74) is 13.1. The zero-order valence-corrected chi connectivity index (χ0v) is 62.7. The molecule has 8 aliphatic rings. The van der Waals surface area contributed by atoms with Crippen LogP contribution < -0.4 is 20.3 Å². The van der Waals surface area contributed by atoms with E-state index in [1.807, 2.05) is 29.7 Å². The number of ether oxygens (including phenoxy) is 5. The minimum atomic E-state index is -0.404. The van der Waals surface area contributed by atoms with E-state index in [-0.39, 0.29) is 72.0 Å². The zero-order valence-electron chi connectivity index (χ0n) is 62.7. The lowest BCUT2D eigenvalue weighted by Gasteiger charge is -2.38. The van der Waals surface area contributed by atoms with E-state index in [9.17, 15) is 33.9 Å². The highest BCUT2D eigenvalue weighted by Gasteiger charge is 2.45. The summed E-state index contributed by atoms with van der Waals surface area (Å²) in [7, 11) is 4.27. The number of carbonyl (C=O) groups is 5. The number of nitrogens with zero attached hydrogens (tertiary/aromatic N) is 12. The molecule has 564 valence electrons. The molecule has 7 atom stereocenters. The van der Waals surface area contributed by atoms with Gasteiger partial charge in [0.05, 0.1) is 95.9 Å². The second-order valence-corrected chi connectivity index (χ2v) is 30.5. The molecule has 1 spiro atoms. The van der Waals surface area contributed by atoms with E-state index in [0.29, 0.717) is 56.6 Å². The molecule has 11 heterocycles. The third-order valence-corrected chi connectivity index (χ3v) is 23.9. The molecule has 0 unspecified atom stereocenters. The summed E-state index contributed by atoms with van der Waals surface area (Å²) in [6.45, 7) is 15.3. The van der Waals surface area contributed by atoms with Gasteiger partial charge in [0.1, 0.15) is 29.8 Å². The highest BCUT2D eigenvalue weighted by Crippen LogP contribution is 2.44. The van der Waals surface area contributed by atoms with E-state index in [2.05, 4.69) is 82.5 Å². The number of benzene rings is 4. The number of Topliss-reactive ketones (excluding diaryl/α,β-unsaturated/α-hetero) is 1. The van der Waals surface area contributed by atoms with E-state index in [1.54, 1.807) is 43.4 Å². The van der Waals surface area contributed by atoms with Gasteiger partial charge in [-0.1, -0.05) is 42.8 Å². The van der Waals surface area contributed by atoms with Crippen molar-refractivity contribution in [1.29, 1.82) is 0 Å². The average Bonchev–Trinajstić information content (AvgIpc) is 1.62. The summed E-state index contributed by atoms with van der Waals surface area (Å²) in [4.78, 5) is 100. The Morgan fingerprint density at radius 2 is 1.16 bits per heavy atom. The van der Waals surface area contributed by atoms with Gasteiger partial charge in [0.15, 0.2) is 0 Å². The van der Waals surface area contributed by atoms with Crippen LogP contribution in [0.25, 0.3) is 33.1 Å². The second-order valence-electron chi connectivity index (χ2n) is 30.5. The highest BCUT2D eigenvalue weighted by molar-refractivity contribution is 5.98. The highest BCUT2D eigenvalue weighted by atomic mass is 16.6. The second kappa shape index (κ2) is 32.2. The average molecular weight is 1450 g/mol.